The van der Waals surface area contributed by atoms with Gasteiger partial charge in [-0.25, -0.2) is 9.59 Å². The molecule has 1 fully saturated rings. The lowest BCUT2D eigenvalue weighted by molar-refractivity contribution is -0.125. The number of carbonyl (C=O) groups is 2. The van der Waals surface area contributed by atoms with Crippen LogP contribution in [0.25, 0.3) is 11.0 Å². The summed E-state index contributed by atoms with van der Waals surface area (Å²) in [4.78, 5) is 38.0. The highest BCUT2D eigenvalue weighted by Crippen LogP contribution is 2.26. The van der Waals surface area contributed by atoms with E-state index in [9.17, 15) is 14.4 Å². The molecule has 0 N–H and O–H groups in total. The molecule has 1 aromatic carbocycles. The second-order valence-corrected chi connectivity index (χ2v) is 5.71. The van der Waals surface area contributed by atoms with Crippen LogP contribution in [0, 0.1) is 6.92 Å². The van der Waals surface area contributed by atoms with E-state index in [-0.39, 0.29) is 25.0 Å². The summed E-state index contributed by atoms with van der Waals surface area (Å²) in [5.41, 5.74) is 1.17. The maximum absolute atomic E-state index is 12.0. The van der Waals surface area contributed by atoms with E-state index in [4.69, 9.17) is 16.0 Å². The molecule has 114 valence electrons. The van der Waals surface area contributed by atoms with Crippen molar-refractivity contribution in [2.24, 2.45) is 0 Å². The molecule has 1 aliphatic rings. The van der Waals surface area contributed by atoms with Crippen molar-refractivity contribution in [3.63, 3.8) is 0 Å². The van der Waals surface area contributed by atoms with E-state index in [2.05, 4.69) is 0 Å². The van der Waals surface area contributed by atoms with Crippen molar-refractivity contribution in [2.75, 3.05) is 13.6 Å². The van der Waals surface area contributed by atoms with Gasteiger partial charge in [-0.05, 0) is 30.2 Å². The third-order valence-corrected chi connectivity index (χ3v) is 4.08. The minimum absolute atomic E-state index is 0.0174. The number of amides is 3. The SMILES string of the molecule is Cc1cc2oc(=O)cc(CN3C(=O)CN(C)C3=O)c2cc1Cl. The van der Waals surface area contributed by atoms with Crippen molar-refractivity contribution in [1.82, 2.24) is 9.80 Å². The standard InChI is InChI=1S/C15H13ClN2O4/c1-8-3-12-10(5-11(8)16)9(4-14(20)22-12)6-18-13(19)7-17(2)15(18)21/h3-5H,6-7H2,1-2H3. The van der Waals surface area contributed by atoms with Crippen LogP contribution in [-0.2, 0) is 11.3 Å². The molecule has 7 heteroatoms. The Morgan fingerprint density at radius 2 is 1.95 bits per heavy atom. The summed E-state index contributed by atoms with van der Waals surface area (Å²) >= 11 is 6.12. The molecule has 1 aromatic heterocycles. The number of urea groups is 1. The van der Waals surface area contributed by atoms with Gasteiger partial charge in [0.25, 0.3) is 5.91 Å². The summed E-state index contributed by atoms with van der Waals surface area (Å²) < 4.78 is 5.16. The zero-order valence-corrected chi connectivity index (χ0v) is 12.8. The molecule has 0 unspecified atom stereocenters. The van der Waals surface area contributed by atoms with Crippen molar-refractivity contribution < 1.29 is 14.0 Å². The predicted octanol–water partition coefficient (Wildman–Crippen LogP) is 2.15. The Morgan fingerprint density at radius 1 is 1.23 bits per heavy atom. The summed E-state index contributed by atoms with van der Waals surface area (Å²) in [6.45, 7) is 1.86. The summed E-state index contributed by atoms with van der Waals surface area (Å²) in [5, 5.41) is 1.14. The molecule has 0 radical (unpaired) electrons. The topological polar surface area (TPSA) is 70.8 Å². The molecule has 0 aliphatic carbocycles. The number of fused-ring (bicyclic) bond motifs is 1. The van der Waals surface area contributed by atoms with Gasteiger partial charge < -0.3 is 9.32 Å². The summed E-state index contributed by atoms with van der Waals surface area (Å²) in [6, 6.07) is 4.25. The zero-order valence-electron chi connectivity index (χ0n) is 12.1. The summed E-state index contributed by atoms with van der Waals surface area (Å²) in [7, 11) is 1.55. The first-order chi connectivity index (χ1) is 10.4. The van der Waals surface area contributed by atoms with Crippen LogP contribution in [-0.4, -0.2) is 35.3 Å². The van der Waals surface area contributed by atoms with E-state index in [1.807, 2.05) is 0 Å². The Hall–Kier alpha value is -2.34. The second-order valence-electron chi connectivity index (χ2n) is 5.31. The number of nitrogens with zero attached hydrogens (tertiary/aromatic N) is 2. The average molecular weight is 321 g/mol. The molecule has 2 heterocycles. The third kappa shape index (κ3) is 2.35. The number of hydrogen-bond acceptors (Lipinski definition) is 4. The molecule has 1 aliphatic heterocycles. The van der Waals surface area contributed by atoms with Gasteiger partial charge in [0.15, 0.2) is 0 Å². The van der Waals surface area contributed by atoms with E-state index < -0.39 is 5.63 Å². The van der Waals surface area contributed by atoms with E-state index in [0.717, 1.165) is 10.5 Å². The van der Waals surface area contributed by atoms with Gasteiger partial charge in [-0.2, -0.15) is 0 Å². The van der Waals surface area contributed by atoms with E-state index in [1.165, 1.54) is 11.0 Å². The van der Waals surface area contributed by atoms with Crippen LogP contribution in [0.15, 0.2) is 27.4 Å². The van der Waals surface area contributed by atoms with Gasteiger partial charge in [0.2, 0.25) is 0 Å². The first-order valence-electron chi connectivity index (χ1n) is 6.65. The number of halogens is 1. The highest BCUT2D eigenvalue weighted by Gasteiger charge is 2.33. The number of benzene rings is 1. The fraction of sp³-hybridized carbons (Fsp3) is 0.267. The molecule has 0 saturated carbocycles. The lowest BCUT2D eigenvalue weighted by atomic mass is 10.1. The van der Waals surface area contributed by atoms with Gasteiger partial charge in [-0.3, -0.25) is 9.69 Å². The van der Waals surface area contributed by atoms with Crippen molar-refractivity contribution in [1.29, 1.82) is 0 Å². The van der Waals surface area contributed by atoms with Crippen molar-refractivity contribution in [3.05, 3.63) is 44.8 Å². The molecule has 22 heavy (non-hydrogen) atoms. The Labute approximate surface area is 130 Å². The minimum Gasteiger partial charge on any atom is -0.423 e. The van der Waals surface area contributed by atoms with Gasteiger partial charge >= 0.3 is 11.7 Å². The average Bonchev–Trinajstić information content (AvgIpc) is 2.67. The molecule has 0 atom stereocenters. The highest BCUT2D eigenvalue weighted by atomic mass is 35.5. The number of rotatable bonds is 2. The van der Waals surface area contributed by atoms with Gasteiger partial charge in [0, 0.05) is 23.5 Å². The van der Waals surface area contributed by atoms with Gasteiger partial charge in [-0.1, -0.05) is 11.6 Å². The molecular weight excluding hydrogens is 308 g/mol. The van der Waals surface area contributed by atoms with E-state index in [0.29, 0.717) is 21.6 Å². The van der Waals surface area contributed by atoms with Crippen LogP contribution in [0.3, 0.4) is 0 Å². The summed E-state index contributed by atoms with van der Waals surface area (Å²) in [6.07, 6.45) is 0. The lowest BCUT2D eigenvalue weighted by Gasteiger charge is -2.15. The molecule has 0 bridgehead atoms. The van der Waals surface area contributed by atoms with Gasteiger partial charge in [-0.15, -0.1) is 0 Å². The molecule has 1 saturated heterocycles. The Kier molecular flexibility index (Phi) is 3.41. The van der Waals surface area contributed by atoms with Crippen LogP contribution in [0.1, 0.15) is 11.1 Å². The number of hydrogen-bond donors (Lipinski definition) is 0. The smallest absolute Gasteiger partial charge is 0.336 e. The van der Waals surface area contributed by atoms with Crippen LogP contribution >= 0.6 is 11.6 Å². The number of carbonyl (C=O) groups excluding carboxylic acids is 2. The maximum Gasteiger partial charge on any atom is 0.336 e. The van der Waals surface area contributed by atoms with E-state index >= 15 is 0 Å². The van der Waals surface area contributed by atoms with Crippen molar-refractivity contribution in [3.8, 4) is 0 Å². The van der Waals surface area contributed by atoms with Crippen LogP contribution in [0.4, 0.5) is 4.79 Å². The maximum atomic E-state index is 12.0. The number of imide groups is 1. The quantitative estimate of drug-likeness (QED) is 0.628. The first-order valence-corrected chi connectivity index (χ1v) is 7.03. The molecule has 2 aromatic rings. The minimum atomic E-state index is -0.531. The zero-order chi connectivity index (χ0) is 16.0. The normalized spacial score (nSPS) is 15.2. The molecule has 0 spiro atoms. The second kappa shape index (κ2) is 5.14. The predicted molar refractivity (Wildman–Crippen MR) is 80.8 cm³/mol. The summed E-state index contributed by atoms with van der Waals surface area (Å²) in [5.74, 6) is -0.299. The fourth-order valence-electron chi connectivity index (χ4n) is 2.47. The van der Waals surface area contributed by atoms with Crippen molar-refractivity contribution in [2.45, 2.75) is 13.5 Å². The largest absolute Gasteiger partial charge is 0.423 e. The Bertz CT molecular complexity index is 858. The number of likely N-dealkylation sites (N-methyl/N-ethyl adjacent to an activating group) is 1. The molecule has 6 nitrogen and oxygen atoms in total. The lowest BCUT2D eigenvalue weighted by Crippen LogP contribution is -2.31. The van der Waals surface area contributed by atoms with Crippen LogP contribution in [0.5, 0.6) is 0 Å². The van der Waals surface area contributed by atoms with Gasteiger partial charge in [0.1, 0.15) is 12.1 Å². The number of aryl methyl sites for hydroxylation is 1. The highest BCUT2D eigenvalue weighted by molar-refractivity contribution is 6.32. The monoisotopic (exact) mass is 320 g/mol. The first kappa shape index (κ1) is 14.6. The Morgan fingerprint density at radius 3 is 2.59 bits per heavy atom. The molecular formula is C15H13ClN2O4. The third-order valence-electron chi connectivity index (χ3n) is 3.67. The molecule has 3 amide bonds. The van der Waals surface area contributed by atoms with E-state index in [1.54, 1.807) is 26.1 Å². The molecule has 3 rings (SSSR count). The van der Waals surface area contributed by atoms with Gasteiger partial charge in [0.05, 0.1) is 6.54 Å². The fourth-order valence-corrected chi connectivity index (χ4v) is 2.64. The Balaban J connectivity index is 2.11. The van der Waals surface area contributed by atoms with Crippen LogP contribution < -0.4 is 5.63 Å². The van der Waals surface area contributed by atoms with Crippen molar-refractivity contribution >= 4 is 34.5 Å². The van der Waals surface area contributed by atoms with Crippen LogP contribution in [0.2, 0.25) is 5.02 Å².